The van der Waals surface area contributed by atoms with E-state index in [1.807, 2.05) is 11.8 Å². The number of carbonyl (C=O) groups excluding carboxylic acids is 1. The summed E-state index contributed by atoms with van der Waals surface area (Å²) in [5, 5.41) is 0. The van der Waals surface area contributed by atoms with Crippen LogP contribution in [0.25, 0.3) is 0 Å². The van der Waals surface area contributed by atoms with Gasteiger partial charge in [0, 0.05) is 31.2 Å². The van der Waals surface area contributed by atoms with E-state index in [2.05, 4.69) is 0 Å². The fourth-order valence-electron chi connectivity index (χ4n) is 3.98. The van der Waals surface area contributed by atoms with E-state index >= 15 is 0 Å². The van der Waals surface area contributed by atoms with Crippen molar-refractivity contribution in [1.82, 2.24) is 9.21 Å². The van der Waals surface area contributed by atoms with Gasteiger partial charge in [-0.3, -0.25) is 4.79 Å². The molecule has 2 atom stereocenters. The van der Waals surface area contributed by atoms with E-state index in [0.29, 0.717) is 37.7 Å². The van der Waals surface area contributed by atoms with Gasteiger partial charge in [-0.05, 0) is 56.8 Å². The maximum Gasteiger partial charge on any atom is 0.254 e. The molecule has 2 fully saturated rings. The van der Waals surface area contributed by atoms with Crippen LogP contribution in [-0.4, -0.2) is 55.8 Å². The molecule has 0 aromatic heterocycles. The third kappa shape index (κ3) is 4.83. The zero-order valence-electron chi connectivity index (χ0n) is 15.8. The summed E-state index contributed by atoms with van der Waals surface area (Å²) in [6.45, 7) is 4.34. The van der Waals surface area contributed by atoms with Gasteiger partial charge in [-0.25, -0.2) is 8.42 Å². The zero-order chi connectivity index (χ0) is 18.7. The molecule has 0 bridgehead atoms. The minimum atomic E-state index is -3.55. The number of hydrogen-bond donors (Lipinski definition) is 1. The molecule has 0 spiro atoms. The standard InChI is InChI=1S/C19H29N3O3S.ClH/c1-15-11-16(13-20)14-22(15)19(23)17-7-6-8-18(12-17)26(24,25)21-9-4-2-3-5-10-21;/h6-8,12,15-16H,2-5,9-11,13-14,20H2,1H3;1H. The number of rotatable bonds is 4. The highest BCUT2D eigenvalue weighted by Gasteiger charge is 2.33. The van der Waals surface area contributed by atoms with Crippen molar-refractivity contribution in [1.29, 1.82) is 0 Å². The number of nitrogens with two attached hydrogens (primary N) is 1. The number of sulfonamides is 1. The van der Waals surface area contributed by atoms with Gasteiger partial charge in [0.2, 0.25) is 10.0 Å². The third-order valence-corrected chi connectivity index (χ3v) is 7.43. The van der Waals surface area contributed by atoms with Crippen molar-refractivity contribution in [2.24, 2.45) is 11.7 Å². The monoisotopic (exact) mass is 415 g/mol. The first-order valence-electron chi connectivity index (χ1n) is 9.54. The van der Waals surface area contributed by atoms with Gasteiger partial charge in [0.1, 0.15) is 0 Å². The molecule has 0 aliphatic carbocycles. The lowest BCUT2D eigenvalue weighted by Gasteiger charge is -2.23. The molecule has 1 aromatic carbocycles. The number of halogens is 1. The molecule has 2 aliphatic rings. The highest BCUT2D eigenvalue weighted by Crippen LogP contribution is 2.26. The molecule has 2 heterocycles. The highest BCUT2D eigenvalue weighted by atomic mass is 35.5. The van der Waals surface area contributed by atoms with Crippen molar-refractivity contribution in [3.05, 3.63) is 29.8 Å². The van der Waals surface area contributed by atoms with Gasteiger partial charge in [-0.15, -0.1) is 12.4 Å². The fraction of sp³-hybridized carbons (Fsp3) is 0.632. The number of benzene rings is 1. The third-order valence-electron chi connectivity index (χ3n) is 5.54. The van der Waals surface area contributed by atoms with Crippen LogP contribution in [0.1, 0.15) is 49.4 Å². The van der Waals surface area contributed by atoms with Crippen LogP contribution in [0.5, 0.6) is 0 Å². The minimum absolute atomic E-state index is 0. The SMILES string of the molecule is CC1CC(CN)CN1C(=O)c1cccc(S(=O)(=O)N2CCCCCC2)c1.Cl. The zero-order valence-corrected chi connectivity index (χ0v) is 17.5. The molecular formula is C19H30ClN3O3S. The van der Waals surface area contributed by atoms with Crippen LogP contribution in [0.4, 0.5) is 0 Å². The van der Waals surface area contributed by atoms with Crippen molar-refractivity contribution >= 4 is 28.3 Å². The number of amides is 1. The Morgan fingerprint density at radius 1 is 1.19 bits per heavy atom. The average molecular weight is 416 g/mol. The van der Waals surface area contributed by atoms with Gasteiger partial charge >= 0.3 is 0 Å². The van der Waals surface area contributed by atoms with Crippen LogP contribution < -0.4 is 5.73 Å². The number of nitrogens with zero attached hydrogens (tertiary/aromatic N) is 2. The summed E-state index contributed by atoms with van der Waals surface area (Å²) in [6.07, 6.45) is 4.82. The fourth-order valence-corrected chi connectivity index (χ4v) is 5.55. The van der Waals surface area contributed by atoms with E-state index in [9.17, 15) is 13.2 Å². The Kier molecular flexibility index (Phi) is 7.68. The van der Waals surface area contributed by atoms with Crippen molar-refractivity contribution in [2.45, 2.75) is 50.0 Å². The van der Waals surface area contributed by atoms with E-state index in [4.69, 9.17) is 5.73 Å². The Bertz CT molecular complexity index is 748. The molecule has 8 heteroatoms. The van der Waals surface area contributed by atoms with Crippen LogP contribution in [0.3, 0.4) is 0 Å². The smallest absolute Gasteiger partial charge is 0.254 e. The number of likely N-dealkylation sites (tertiary alicyclic amines) is 1. The summed E-state index contributed by atoms with van der Waals surface area (Å²) in [7, 11) is -3.55. The molecule has 2 saturated heterocycles. The Balaban J connectivity index is 0.00000261. The second kappa shape index (κ2) is 9.37. The van der Waals surface area contributed by atoms with Crippen molar-refractivity contribution in [3.63, 3.8) is 0 Å². The van der Waals surface area contributed by atoms with Crippen LogP contribution in [0.15, 0.2) is 29.2 Å². The summed E-state index contributed by atoms with van der Waals surface area (Å²) in [4.78, 5) is 14.9. The molecule has 2 unspecified atom stereocenters. The van der Waals surface area contributed by atoms with E-state index in [0.717, 1.165) is 32.1 Å². The Hall–Kier alpha value is -1.15. The first-order valence-corrected chi connectivity index (χ1v) is 11.0. The summed E-state index contributed by atoms with van der Waals surface area (Å²) in [5.41, 5.74) is 6.19. The van der Waals surface area contributed by atoms with E-state index < -0.39 is 10.0 Å². The number of hydrogen-bond acceptors (Lipinski definition) is 4. The van der Waals surface area contributed by atoms with Crippen LogP contribution >= 0.6 is 12.4 Å². The molecular weight excluding hydrogens is 386 g/mol. The topological polar surface area (TPSA) is 83.7 Å². The summed E-state index contributed by atoms with van der Waals surface area (Å²) < 4.78 is 27.5. The molecule has 1 aromatic rings. The second-order valence-corrected chi connectivity index (χ2v) is 9.43. The maximum absolute atomic E-state index is 13.0. The molecule has 6 nitrogen and oxygen atoms in total. The molecule has 2 aliphatic heterocycles. The molecule has 0 radical (unpaired) electrons. The Labute approximate surface area is 168 Å². The quantitative estimate of drug-likeness (QED) is 0.818. The maximum atomic E-state index is 13.0. The van der Waals surface area contributed by atoms with Crippen molar-refractivity contribution in [2.75, 3.05) is 26.2 Å². The molecule has 152 valence electrons. The first kappa shape index (κ1) is 22.1. The Morgan fingerprint density at radius 2 is 1.85 bits per heavy atom. The lowest BCUT2D eigenvalue weighted by Crippen LogP contribution is -2.35. The summed E-state index contributed by atoms with van der Waals surface area (Å²) in [6, 6.07) is 6.62. The minimum Gasteiger partial charge on any atom is -0.336 e. The van der Waals surface area contributed by atoms with Crippen LogP contribution in [0.2, 0.25) is 0 Å². The lowest BCUT2D eigenvalue weighted by molar-refractivity contribution is 0.0743. The van der Waals surface area contributed by atoms with Crippen molar-refractivity contribution < 1.29 is 13.2 Å². The Morgan fingerprint density at radius 3 is 2.44 bits per heavy atom. The van der Waals surface area contributed by atoms with Gasteiger partial charge in [-0.2, -0.15) is 4.31 Å². The van der Waals surface area contributed by atoms with Gasteiger partial charge in [-0.1, -0.05) is 18.9 Å². The first-order chi connectivity index (χ1) is 12.4. The van der Waals surface area contributed by atoms with Gasteiger partial charge < -0.3 is 10.6 Å². The molecule has 3 rings (SSSR count). The lowest BCUT2D eigenvalue weighted by atomic mass is 10.1. The summed E-state index contributed by atoms with van der Waals surface area (Å²) in [5.74, 6) is 0.208. The normalized spacial score (nSPS) is 24.3. The molecule has 0 saturated carbocycles. The van der Waals surface area contributed by atoms with E-state index in [1.54, 1.807) is 22.5 Å². The summed E-state index contributed by atoms with van der Waals surface area (Å²) >= 11 is 0. The van der Waals surface area contributed by atoms with Gasteiger partial charge in [0.05, 0.1) is 4.90 Å². The average Bonchev–Trinajstić information content (AvgIpc) is 2.85. The van der Waals surface area contributed by atoms with Crippen LogP contribution in [-0.2, 0) is 10.0 Å². The number of carbonyl (C=O) groups is 1. The highest BCUT2D eigenvalue weighted by molar-refractivity contribution is 7.89. The van der Waals surface area contributed by atoms with E-state index in [-0.39, 0.29) is 29.3 Å². The van der Waals surface area contributed by atoms with Gasteiger partial charge in [0.25, 0.3) is 5.91 Å². The van der Waals surface area contributed by atoms with Crippen LogP contribution in [0, 0.1) is 5.92 Å². The molecule has 2 N–H and O–H groups in total. The van der Waals surface area contributed by atoms with Gasteiger partial charge in [0.15, 0.2) is 0 Å². The largest absolute Gasteiger partial charge is 0.336 e. The van der Waals surface area contributed by atoms with Crippen molar-refractivity contribution in [3.8, 4) is 0 Å². The predicted octanol–water partition coefficient (Wildman–Crippen LogP) is 2.48. The predicted molar refractivity (Wildman–Crippen MR) is 109 cm³/mol. The second-order valence-electron chi connectivity index (χ2n) is 7.49. The molecule has 1 amide bonds. The molecule has 27 heavy (non-hydrogen) atoms. The van der Waals surface area contributed by atoms with E-state index in [1.165, 1.54) is 6.07 Å².